The van der Waals surface area contributed by atoms with Crippen LogP contribution in [-0.4, -0.2) is 0 Å². The first kappa shape index (κ1) is 11.5. The summed E-state index contributed by atoms with van der Waals surface area (Å²) in [5.74, 6) is 1.87. The van der Waals surface area contributed by atoms with Crippen LogP contribution in [0.3, 0.4) is 0 Å². The highest BCUT2D eigenvalue weighted by Gasteiger charge is 2.97. The van der Waals surface area contributed by atoms with E-state index in [1.54, 1.807) is 0 Å². The first-order chi connectivity index (χ1) is 6.88. The van der Waals surface area contributed by atoms with Crippen LogP contribution in [0.5, 0.6) is 0 Å². The fourth-order valence-corrected chi connectivity index (χ4v) is 5.38. The number of hydrogen-bond acceptors (Lipinski definition) is 0. The Morgan fingerprint density at radius 1 is 1.20 bits per heavy atom. The summed E-state index contributed by atoms with van der Waals surface area (Å²) in [6.45, 7) is 14.7. The van der Waals surface area contributed by atoms with E-state index >= 15 is 0 Å². The second-order valence-electron chi connectivity index (χ2n) is 6.93. The van der Waals surface area contributed by atoms with Gasteiger partial charge in [0.05, 0.1) is 0 Å². The molecule has 2 aliphatic rings. The lowest BCUT2D eigenvalue weighted by molar-refractivity contribution is 0.178. The predicted molar refractivity (Wildman–Crippen MR) is 66.8 cm³/mol. The third-order valence-corrected chi connectivity index (χ3v) is 6.26. The van der Waals surface area contributed by atoms with Gasteiger partial charge in [0.15, 0.2) is 0 Å². The molecule has 88 valence electrons. The SMILES string of the molecule is CCCCC12C(C)C1(C)C2(C)CC(C)C. The zero-order chi connectivity index (χ0) is 11.5. The van der Waals surface area contributed by atoms with Crippen LogP contribution in [0, 0.1) is 28.1 Å². The Labute approximate surface area is 95.8 Å². The highest BCUT2D eigenvalue weighted by atomic mass is 15.0. The molecule has 0 heterocycles. The van der Waals surface area contributed by atoms with E-state index in [4.69, 9.17) is 0 Å². The van der Waals surface area contributed by atoms with Crippen LogP contribution >= 0.6 is 0 Å². The monoisotopic (exact) mass is 208 g/mol. The summed E-state index contributed by atoms with van der Waals surface area (Å²) in [7, 11) is 0. The van der Waals surface area contributed by atoms with E-state index in [9.17, 15) is 0 Å². The van der Waals surface area contributed by atoms with Gasteiger partial charge in [-0.15, -0.1) is 0 Å². The lowest BCUT2D eigenvalue weighted by Gasteiger charge is -2.31. The smallest absolute Gasteiger partial charge is 0.0145 e. The van der Waals surface area contributed by atoms with Gasteiger partial charge in [0.2, 0.25) is 0 Å². The summed E-state index contributed by atoms with van der Waals surface area (Å²) in [6.07, 6.45) is 5.73. The van der Waals surface area contributed by atoms with Gasteiger partial charge in [0.25, 0.3) is 0 Å². The van der Waals surface area contributed by atoms with Crippen molar-refractivity contribution in [3.8, 4) is 0 Å². The van der Waals surface area contributed by atoms with Crippen molar-refractivity contribution in [3.63, 3.8) is 0 Å². The molecular formula is C15H28. The highest BCUT2D eigenvalue weighted by molar-refractivity contribution is 5.44. The maximum absolute atomic E-state index is 2.56. The van der Waals surface area contributed by atoms with E-state index in [2.05, 4.69) is 41.5 Å². The molecule has 0 N–H and O–H groups in total. The quantitative estimate of drug-likeness (QED) is 0.604. The van der Waals surface area contributed by atoms with Gasteiger partial charge in [0, 0.05) is 0 Å². The Bertz CT molecular complexity index is 267. The van der Waals surface area contributed by atoms with Crippen molar-refractivity contribution in [2.75, 3.05) is 0 Å². The molecule has 0 bridgehead atoms. The maximum Gasteiger partial charge on any atom is -0.0145 e. The maximum atomic E-state index is 2.56. The molecule has 0 amide bonds. The summed E-state index contributed by atoms with van der Waals surface area (Å²) < 4.78 is 0. The molecule has 0 spiro atoms. The third kappa shape index (κ3) is 0.996. The summed E-state index contributed by atoms with van der Waals surface area (Å²) in [6, 6.07) is 0. The van der Waals surface area contributed by atoms with Crippen LogP contribution < -0.4 is 0 Å². The zero-order valence-electron chi connectivity index (χ0n) is 11.5. The summed E-state index contributed by atoms with van der Waals surface area (Å²) in [4.78, 5) is 0. The Morgan fingerprint density at radius 3 is 2.20 bits per heavy atom. The Kier molecular flexibility index (Phi) is 2.31. The summed E-state index contributed by atoms with van der Waals surface area (Å²) >= 11 is 0. The van der Waals surface area contributed by atoms with Crippen molar-refractivity contribution in [2.24, 2.45) is 28.1 Å². The van der Waals surface area contributed by atoms with Crippen LogP contribution in [0.1, 0.15) is 67.2 Å². The van der Waals surface area contributed by atoms with Gasteiger partial charge in [-0.3, -0.25) is 0 Å². The second kappa shape index (κ2) is 3.02. The molecule has 0 nitrogen and oxygen atoms in total. The minimum atomic E-state index is 0.683. The van der Waals surface area contributed by atoms with E-state index in [-0.39, 0.29) is 0 Å². The topological polar surface area (TPSA) is 0 Å². The molecule has 4 unspecified atom stereocenters. The van der Waals surface area contributed by atoms with E-state index in [0.29, 0.717) is 10.8 Å². The second-order valence-corrected chi connectivity index (χ2v) is 6.93. The number of hydrogen-bond donors (Lipinski definition) is 0. The molecule has 2 fully saturated rings. The molecule has 15 heavy (non-hydrogen) atoms. The molecular weight excluding hydrogens is 180 g/mol. The molecule has 0 aromatic carbocycles. The molecule has 2 rings (SSSR count). The fourth-order valence-electron chi connectivity index (χ4n) is 5.38. The normalized spacial score (nSPS) is 51.8. The first-order valence-corrected chi connectivity index (χ1v) is 6.88. The van der Waals surface area contributed by atoms with Gasteiger partial charge >= 0.3 is 0 Å². The average Bonchev–Trinajstić information content (AvgIpc) is 2.81. The summed E-state index contributed by atoms with van der Waals surface area (Å²) in [5, 5.41) is 0. The molecule has 0 heteroatoms. The highest BCUT2D eigenvalue weighted by Crippen LogP contribution is 3.02. The third-order valence-electron chi connectivity index (χ3n) is 6.26. The van der Waals surface area contributed by atoms with Crippen molar-refractivity contribution in [3.05, 3.63) is 0 Å². The zero-order valence-corrected chi connectivity index (χ0v) is 11.5. The number of unbranched alkanes of at least 4 members (excludes halogenated alkanes) is 1. The van der Waals surface area contributed by atoms with Gasteiger partial charge in [-0.1, -0.05) is 54.4 Å². The molecule has 0 aromatic heterocycles. The lowest BCUT2D eigenvalue weighted by Crippen LogP contribution is -2.23. The van der Waals surface area contributed by atoms with Gasteiger partial charge in [-0.25, -0.2) is 0 Å². The average molecular weight is 208 g/mol. The van der Waals surface area contributed by atoms with E-state index < -0.39 is 0 Å². The van der Waals surface area contributed by atoms with Crippen molar-refractivity contribution in [2.45, 2.75) is 67.2 Å². The van der Waals surface area contributed by atoms with Gasteiger partial charge in [-0.2, -0.15) is 0 Å². The van der Waals surface area contributed by atoms with Gasteiger partial charge in [-0.05, 0) is 40.9 Å². The van der Waals surface area contributed by atoms with Crippen LogP contribution in [-0.2, 0) is 0 Å². The molecule has 0 aromatic rings. The summed E-state index contributed by atoms with van der Waals surface area (Å²) in [5.41, 5.74) is 2.14. The van der Waals surface area contributed by atoms with Crippen LogP contribution in [0.25, 0.3) is 0 Å². The van der Waals surface area contributed by atoms with Gasteiger partial charge < -0.3 is 0 Å². The first-order valence-electron chi connectivity index (χ1n) is 6.88. The van der Waals surface area contributed by atoms with Gasteiger partial charge in [0.1, 0.15) is 0 Å². The van der Waals surface area contributed by atoms with E-state index in [0.717, 1.165) is 17.3 Å². The Morgan fingerprint density at radius 2 is 1.80 bits per heavy atom. The van der Waals surface area contributed by atoms with Crippen LogP contribution in [0.15, 0.2) is 0 Å². The number of fused-ring (bicyclic) bond motifs is 1. The molecule has 0 saturated heterocycles. The van der Waals surface area contributed by atoms with E-state index in [1.165, 1.54) is 25.7 Å². The molecule has 2 saturated carbocycles. The fraction of sp³-hybridized carbons (Fsp3) is 1.00. The van der Waals surface area contributed by atoms with Crippen molar-refractivity contribution in [1.82, 2.24) is 0 Å². The predicted octanol–water partition coefficient (Wildman–Crippen LogP) is 4.89. The standard InChI is InChI=1S/C15H28/c1-7-8-9-15-12(4)14(15,6)13(15,5)10-11(2)3/h11-12H,7-10H2,1-6H3. The lowest BCUT2D eigenvalue weighted by atomic mass is 9.73. The largest absolute Gasteiger partial charge is 0.0654 e. The van der Waals surface area contributed by atoms with Crippen molar-refractivity contribution >= 4 is 0 Å². The Balaban J connectivity index is 2.07. The van der Waals surface area contributed by atoms with Crippen molar-refractivity contribution < 1.29 is 0 Å². The minimum Gasteiger partial charge on any atom is -0.0654 e. The van der Waals surface area contributed by atoms with Crippen LogP contribution in [0.4, 0.5) is 0 Å². The molecule has 0 radical (unpaired) electrons. The molecule has 0 aliphatic heterocycles. The number of rotatable bonds is 5. The van der Waals surface area contributed by atoms with Crippen molar-refractivity contribution in [1.29, 1.82) is 0 Å². The van der Waals surface area contributed by atoms with E-state index in [1.807, 2.05) is 0 Å². The Hall–Kier alpha value is 0. The molecule has 4 atom stereocenters. The minimum absolute atomic E-state index is 0.683. The molecule has 2 aliphatic carbocycles. The van der Waals surface area contributed by atoms with Crippen LogP contribution in [0.2, 0.25) is 0 Å².